The number of rotatable bonds is 2. The molecule has 0 spiro atoms. The van der Waals surface area contributed by atoms with E-state index < -0.39 is 4.92 Å². The Morgan fingerprint density at radius 1 is 1.50 bits per heavy atom. The third kappa shape index (κ3) is 2.22. The molecule has 0 atom stereocenters. The van der Waals surface area contributed by atoms with Gasteiger partial charge in [0, 0.05) is 12.5 Å². The molecule has 0 aromatic heterocycles. The van der Waals surface area contributed by atoms with E-state index in [-0.39, 0.29) is 11.4 Å². The summed E-state index contributed by atoms with van der Waals surface area (Å²) in [5, 5.41) is 22.8. The van der Waals surface area contributed by atoms with Crippen LogP contribution in [0.25, 0.3) is 0 Å². The Hall–Kier alpha value is -1.82. The Bertz CT molecular complexity index is 487. The summed E-state index contributed by atoms with van der Waals surface area (Å²) in [4.78, 5) is 14.1. The molecule has 16 heavy (non-hydrogen) atoms. The zero-order valence-corrected chi connectivity index (χ0v) is 8.98. The molecule has 0 unspecified atom stereocenters. The first kappa shape index (κ1) is 10.7. The van der Waals surface area contributed by atoms with Gasteiger partial charge >= 0.3 is 0 Å². The number of allylic oxidation sites excluding steroid dienone is 1. The van der Waals surface area contributed by atoms with Crippen molar-refractivity contribution in [1.82, 2.24) is 0 Å². The molecular formula is C10H8N2O3S. The van der Waals surface area contributed by atoms with Crippen LogP contribution in [-0.4, -0.2) is 15.1 Å². The number of hydrogen-bond donors (Lipinski definition) is 1. The minimum atomic E-state index is -0.553. The van der Waals surface area contributed by atoms with Gasteiger partial charge in [-0.3, -0.25) is 10.1 Å². The summed E-state index contributed by atoms with van der Waals surface area (Å²) >= 11 is 1.48. The van der Waals surface area contributed by atoms with Crippen LogP contribution in [0.5, 0.6) is 5.75 Å². The lowest BCUT2D eigenvalue weighted by Gasteiger charge is -2.00. The lowest BCUT2D eigenvalue weighted by molar-refractivity contribution is -0.384. The minimum Gasteiger partial charge on any atom is -0.505 e. The zero-order valence-electron chi connectivity index (χ0n) is 8.16. The SMILES string of the molecule is O=[N+]([O-])c1ccc(N=C2CC=CS2)c(O)c1. The summed E-state index contributed by atoms with van der Waals surface area (Å²) in [6.45, 7) is 0. The third-order valence-corrected chi connectivity index (χ3v) is 2.87. The van der Waals surface area contributed by atoms with E-state index >= 15 is 0 Å². The number of aliphatic imine (C=N–C) groups is 1. The van der Waals surface area contributed by atoms with Crippen molar-refractivity contribution < 1.29 is 10.0 Å². The molecule has 0 radical (unpaired) electrons. The van der Waals surface area contributed by atoms with Crippen LogP contribution in [0.3, 0.4) is 0 Å². The quantitative estimate of drug-likeness (QED) is 0.632. The largest absolute Gasteiger partial charge is 0.505 e. The fraction of sp³-hybridized carbons (Fsp3) is 0.100. The summed E-state index contributed by atoms with van der Waals surface area (Å²) in [6, 6.07) is 3.87. The molecule has 1 heterocycles. The van der Waals surface area contributed by atoms with E-state index in [4.69, 9.17) is 0 Å². The van der Waals surface area contributed by atoms with Gasteiger partial charge in [-0.25, -0.2) is 4.99 Å². The summed E-state index contributed by atoms with van der Waals surface area (Å²) in [5.41, 5.74) is 0.218. The van der Waals surface area contributed by atoms with Gasteiger partial charge in [-0.1, -0.05) is 17.8 Å². The van der Waals surface area contributed by atoms with E-state index in [0.29, 0.717) is 5.69 Å². The average molecular weight is 236 g/mol. The second-order valence-electron chi connectivity index (χ2n) is 3.13. The smallest absolute Gasteiger partial charge is 0.273 e. The highest BCUT2D eigenvalue weighted by Gasteiger charge is 2.11. The predicted octanol–water partition coefficient (Wildman–Crippen LogP) is 2.98. The second kappa shape index (κ2) is 4.36. The van der Waals surface area contributed by atoms with E-state index in [1.807, 2.05) is 11.5 Å². The van der Waals surface area contributed by atoms with E-state index in [1.165, 1.54) is 23.9 Å². The molecule has 0 amide bonds. The molecule has 0 aliphatic carbocycles. The maximum atomic E-state index is 10.5. The summed E-state index contributed by atoms with van der Waals surface area (Å²) in [5.74, 6) is -0.172. The highest BCUT2D eigenvalue weighted by atomic mass is 32.2. The molecule has 0 saturated carbocycles. The van der Waals surface area contributed by atoms with Gasteiger partial charge in [0.05, 0.1) is 16.0 Å². The molecule has 2 rings (SSSR count). The van der Waals surface area contributed by atoms with Gasteiger partial charge in [-0.2, -0.15) is 0 Å². The molecule has 1 aromatic rings. The number of phenolic OH excluding ortho intramolecular Hbond substituents is 1. The fourth-order valence-electron chi connectivity index (χ4n) is 1.25. The van der Waals surface area contributed by atoms with Gasteiger partial charge in [0.1, 0.15) is 11.4 Å². The van der Waals surface area contributed by atoms with Crippen LogP contribution >= 0.6 is 11.8 Å². The fourth-order valence-corrected chi connectivity index (χ4v) is 1.94. The maximum absolute atomic E-state index is 10.5. The standard InChI is InChI=1S/C10H8N2O3S/c13-9-6-7(12(14)15)3-4-8(9)11-10-2-1-5-16-10/h1,3-6,13H,2H2. The Labute approximate surface area is 95.7 Å². The van der Waals surface area contributed by atoms with E-state index in [2.05, 4.69) is 4.99 Å². The van der Waals surface area contributed by atoms with Crippen LogP contribution in [0, 0.1) is 10.1 Å². The number of hydrogen-bond acceptors (Lipinski definition) is 5. The Balaban J connectivity index is 2.29. The van der Waals surface area contributed by atoms with Crippen molar-refractivity contribution in [3.63, 3.8) is 0 Å². The monoisotopic (exact) mass is 236 g/mol. The van der Waals surface area contributed by atoms with Gasteiger partial charge in [-0.15, -0.1) is 0 Å². The van der Waals surface area contributed by atoms with Crippen molar-refractivity contribution in [2.75, 3.05) is 0 Å². The maximum Gasteiger partial charge on any atom is 0.273 e. The number of phenols is 1. The molecule has 82 valence electrons. The summed E-state index contributed by atoms with van der Waals surface area (Å²) < 4.78 is 0. The van der Waals surface area contributed by atoms with Crippen LogP contribution in [0.4, 0.5) is 11.4 Å². The van der Waals surface area contributed by atoms with Gasteiger partial charge in [0.25, 0.3) is 5.69 Å². The predicted molar refractivity (Wildman–Crippen MR) is 63.2 cm³/mol. The third-order valence-electron chi connectivity index (χ3n) is 2.01. The Morgan fingerprint density at radius 3 is 2.88 bits per heavy atom. The van der Waals surface area contributed by atoms with Crippen LogP contribution in [0.2, 0.25) is 0 Å². The van der Waals surface area contributed by atoms with Gasteiger partial charge in [0.15, 0.2) is 0 Å². The van der Waals surface area contributed by atoms with E-state index in [9.17, 15) is 15.2 Å². The lowest BCUT2D eigenvalue weighted by atomic mass is 10.2. The molecule has 0 bridgehead atoms. The van der Waals surface area contributed by atoms with Crippen molar-refractivity contribution in [3.8, 4) is 5.75 Å². The molecule has 6 heteroatoms. The van der Waals surface area contributed by atoms with Crippen molar-refractivity contribution in [2.45, 2.75) is 6.42 Å². The van der Waals surface area contributed by atoms with E-state index in [0.717, 1.165) is 17.5 Å². The van der Waals surface area contributed by atoms with Crippen LogP contribution in [0.1, 0.15) is 6.42 Å². The number of aromatic hydroxyl groups is 1. The first-order valence-corrected chi connectivity index (χ1v) is 5.41. The molecule has 1 aliphatic heterocycles. The molecule has 1 aromatic carbocycles. The van der Waals surface area contributed by atoms with Gasteiger partial charge in [-0.05, 0) is 11.5 Å². The van der Waals surface area contributed by atoms with Crippen LogP contribution in [-0.2, 0) is 0 Å². The summed E-state index contributed by atoms with van der Waals surface area (Å²) in [7, 11) is 0. The van der Waals surface area contributed by atoms with Crippen LogP contribution in [0.15, 0.2) is 34.7 Å². The number of thioether (sulfide) groups is 1. The first-order chi connectivity index (χ1) is 7.66. The molecule has 1 aliphatic rings. The van der Waals surface area contributed by atoms with Gasteiger partial charge in [0.2, 0.25) is 0 Å². The zero-order chi connectivity index (χ0) is 11.5. The highest BCUT2D eigenvalue weighted by Crippen LogP contribution is 2.32. The molecule has 0 saturated heterocycles. The number of nitro benzene ring substituents is 1. The summed E-state index contributed by atoms with van der Waals surface area (Å²) in [6.07, 6.45) is 2.70. The molecular weight excluding hydrogens is 228 g/mol. The number of non-ortho nitro benzene ring substituents is 1. The second-order valence-corrected chi connectivity index (χ2v) is 4.11. The molecule has 5 nitrogen and oxygen atoms in total. The Kier molecular flexibility index (Phi) is 2.91. The van der Waals surface area contributed by atoms with Crippen molar-refractivity contribution in [2.24, 2.45) is 4.99 Å². The number of nitrogens with zero attached hydrogens (tertiary/aromatic N) is 2. The first-order valence-electron chi connectivity index (χ1n) is 4.53. The minimum absolute atomic E-state index is 0.140. The van der Waals surface area contributed by atoms with Crippen molar-refractivity contribution >= 4 is 28.2 Å². The van der Waals surface area contributed by atoms with Crippen molar-refractivity contribution in [1.29, 1.82) is 0 Å². The highest BCUT2D eigenvalue weighted by molar-refractivity contribution is 8.16. The van der Waals surface area contributed by atoms with Crippen LogP contribution < -0.4 is 0 Å². The Morgan fingerprint density at radius 2 is 2.31 bits per heavy atom. The van der Waals surface area contributed by atoms with E-state index in [1.54, 1.807) is 0 Å². The van der Waals surface area contributed by atoms with Gasteiger partial charge < -0.3 is 5.11 Å². The molecule has 1 N–H and O–H groups in total. The molecule has 0 fully saturated rings. The topological polar surface area (TPSA) is 75.7 Å². The number of nitro groups is 1. The normalized spacial score (nSPS) is 16.9. The average Bonchev–Trinajstić information content (AvgIpc) is 2.73. The van der Waals surface area contributed by atoms with Crippen molar-refractivity contribution in [3.05, 3.63) is 39.8 Å². The number of benzene rings is 1. The lowest BCUT2D eigenvalue weighted by Crippen LogP contribution is -1.87.